The number of hydrogen-bond acceptors (Lipinski definition) is 4. The van der Waals surface area contributed by atoms with Crippen LogP contribution in [0.5, 0.6) is 0 Å². The quantitative estimate of drug-likeness (QED) is 0.642. The van der Waals surface area contributed by atoms with Gasteiger partial charge in [-0.3, -0.25) is 14.5 Å². The molecule has 0 atom stereocenters. The molecular formula is C26H44N4O2. The van der Waals surface area contributed by atoms with Crippen molar-refractivity contribution in [3.05, 3.63) is 29.3 Å². The van der Waals surface area contributed by atoms with E-state index >= 15 is 0 Å². The highest BCUT2D eigenvalue weighted by molar-refractivity contribution is 5.97. The normalized spacial score (nSPS) is 16.4. The molecule has 32 heavy (non-hydrogen) atoms. The molecule has 0 saturated heterocycles. The maximum Gasteiger partial charge on any atom is 0.251 e. The summed E-state index contributed by atoms with van der Waals surface area (Å²) in [5.41, 5.74) is 2.70. The van der Waals surface area contributed by atoms with Gasteiger partial charge in [0.2, 0.25) is 5.91 Å². The first-order valence-electron chi connectivity index (χ1n) is 12.3. The van der Waals surface area contributed by atoms with Crippen LogP contribution < -0.4 is 10.2 Å². The number of hydrogen-bond donors (Lipinski definition) is 1. The van der Waals surface area contributed by atoms with Gasteiger partial charge < -0.3 is 15.1 Å². The van der Waals surface area contributed by atoms with Gasteiger partial charge in [0.05, 0.1) is 0 Å². The number of rotatable bonds is 7. The van der Waals surface area contributed by atoms with Crippen LogP contribution in [0.15, 0.2) is 18.2 Å². The Hall–Kier alpha value is -1.92. The molecule has 0 unspecified atom stereocenters. The predicted octanol–water partition coefficient (Wildman–Crippen LogP) is 4.14. The Labute approximate surface area is 195 Å². The highest BCUT2D eigenvalue weighted by Crippen LogP contribution is 2.26. The zero-order valence-corrected chi connectivity index (χ0v) is 21.0. The maximum atomic E-state index is 12.8. The van der Waals surface area contributed by atoms with Gasteiger partial charge in [0, 0.05) is 44.4 Å². The van der Waals surface area contributed by atoms with E-state index in [1.165, 1.54) is 19.3 Å². The van der Waals surface area contributed by atoms with Crippen LogP contribution in [0.1, 0.15) is 75.2 Å². The first-order chi connectivity index (χ1) is 15.3. The number of anilines is 1. The molecule has 6 heteroatoms. The number of nitrogens with one attached hydrogen (secondary N) is 1. The molecule has 180 valence electrons. The molecule has 1 aliphatic heterocycles. The van der Waals surface area contributed by atoms with Crippen molar-refractivity contribution in [2.24, 2.45) is 5.92 Å². The van der Waals surface area contributed by atoms with Crippen LogP contribution in [0.2, 0.25) is 0 Å². The van der Waals surface area contributed by atoms with Gasteiger partial charge in [0.15, 0.2) is 0 Å². The second-order valence-corrected chi connectivity index (χ2v) is 9.82. The fourth-order valence-corrected chi connectivity index (χ4v) is 4.39. The monoisotopic (exact) mass is 444 g/mol. The van der Waals surface area contributed by atoms with Gasteiger partial charge >= 0.3 is 0 Å². The molecule has 1 heterocycles. The number of carbonyl (C=O) groups excluding carboxylic acids is 2. The minimum absolute atomic E-state index is 0.0394. The summed E-state index contributed by atoms with van der Waals surface area (Å²) in [7, 11) is 4.07. The van der Waals surface area contributed by atoms with Crippen LogP contribution in [0.25, 0.3) is 0 Å². The zero-order valence-electron chi connectivity index (χ0n) is 21.0. The average Bonchev–Trinajstić information content (AvgIpc) is 2.71. The summed E-state index contributed by atoms with van der Waals surface area (Å²) in [6, 6.07) is 5.85. The third kappa shape index (κ3) is 8.91. The molecule has 1 aromatic carbocycles. The molecule has 0 spiro atoms. The number of benzene rings is 1. The third-order valence-electron chi connectivity index (χ3n) is 5.95. The van der Waals surface area contributed by atoms with Crippen LogP contribution in [-0.2, 0) is 11.3 Å². The molecule has 0 aliphatic carbocycles. The van der Waals surface area contributed by atoms with Gasteiger partial charge in [0.1, 0.15) is 0 Å². The van der Waals surface area contributed by atoms with Gasteiger partial charge in [-0.05, 0) is 76.1 Å². The van der Waals surface area contributed by atoms with Crippen molar-refractivity contribution in [2.75, 3.05) is 51.7 Å². The van der Waals surface area contributed by atoms with E-state index in [0.29, 0.717) is 18.0 Å². The summed E-state index contributed by atoms with van der Waals surface area (Å²) in [5.74, 6) is 0.598. The van der Waals surface area contributed by atoms with Gasteiger partial charge in [-0.1, -0.05) is 33.1 Å². The Morgan fingerprint density at radius 1 is 1.06 bits per heavy atom. The number of carbonyl (C=O) groups is 2. The smallest absolute Gasteiger partial charge is 0.251 e. The summed E-state index contributed by atoms with van der Waals surface area (Å²) in [4.78, 5) is 31.8. The van der Waals surface area contributed by atoms with Crippen LogP contribution >= 0.6 is 0 Å². The lowest BCUT2D eigenvalue weighted by Gasteiger charge is -2.30. The first-order valence-corrected chi connectivity index (χ1v) is 12.3. The SMILES string of the molecule is CC(=O)N1CCCCCCCN(CC(C)C)Cc2cc(C(=O)NCCCN(C)C)ccc21. The summed E-state index contributed by atoms with van der Waals surface area (Å²) in [6.45, 7) is 11.3. The molecular weight excluding hydrogens is 400 g/mol. The lowest BCUT2D eigenvalue weighted by atomic mass is 10.0. The lowest BCUT2D eigenvalue weighted by molar-refractivity contribution is -0.116. The van der Waals surface area contributed by atoms with E-state index in [1.54, 1.807) is 6.92 Å². The average molecular weight is 445 g/mol. The van der Waals surface area contributed by atoms with E-state index in [4.69, 9.17) is 0 Å². The summed E-state index contributed by atoms with van der Waals surface area (Å²) < 4.78 is 0. The standard InChI is InChI=1S/C26H44N4O2/c1-21(2)19-29-16-9-7-6-8-10-17-30(22(3)31)25-13-12-23(18-24(25)20-29)26(32)27-14-11-15-28(4)5/h12-13,18,21H,6-11,14-17,19-20H2,1-5H3,(H,27,32). The fraction of sp³-hybridized carbons (Fsp3) is 0.692. The molecule has 0 aromatic heterocycles. The van der Waals surface area contributed by atoms with E-state index in [9.17, 15) is 9.59 Å². The predicted molar refractivity (Wildman–Crippen MR) is 133 cm³/mol. The summed E-state index contributed by atoms with van der Waals surface area (Å²) >= 11 is 0. The Morgan fingerprint density at radius 2 is 1.75 bits per heavy atom. The number of nitrogens with zero attached hydrogens (tertiary/aromatic N) is 3. The van der Waals surface area contributed by atoms with Crippen LogP contribution in [-0.4, -0.2) is 68.4 Å². The van der Waals surface area contributed by atoms with Crippen molar-refractivity contribution in [1.29, 1.82) is 0 Å². The Kier molecular flexibility index (Phi) is 11.2. The molecule has 0 fully saturated rings. The summed E-state index contributed by atoms with van der Waals surface area (Å²) in [6.07, 6.45) is 6.74. The minimum atomic E-state index is -0.0394. The van der Waals surface area contributed by atoms with Gasteiger partial charge in [-0.25, -0.2) is 0 Å². The van der Waals surface area contributed by atoms with Crippen LogP contribution in [0.3, 0.4) is 0 Å². The van der Waals surface area contributed by atoms with E-state index in [-0.39, 0.29) is 11.8 Å². The molecule has 2 amide bonds. The van der Waals surface area contributed by atoms with Crippen LogP contribution in [0.4, 0.5) is 5.69 Å². The Bertz CT molecular complexity index is 733. The Morgan fingerprint density at radius 3 is 2.41 bits per heavy atom. The third-order valence-corrected chi connectivity index (χ3v) is 5.95. The van der Waals surface area contributed by atoms with Crippen molar-refractivity contribution in [1.82, 2.24) is 15.1 Å². The lowest BCUT2D eigenvalue weighted by Crippen LogP contribution is -2.34. The van der Waals surface area contributed by atoms with Crippen LogP contribution in [0, 0.1) is 5.92 Å². The van der Waals surface area contributed by atoms with E-state index in [0.717, 1.165) is 63.2 Å². The topological polar surface area (TPSA) is 55.9 Å². The van der Waals surface area contributed by atoms with Crippen molar-refractivity contribution in [3.8, 4) is 0 Å². The molecule has 1 aromatic rings. The van der Waals surface area contributed by atoms with Crippen molar-refractivity contribution >= 4 is 17.5 Å². The highest BCUT2D eigenvalue weighted by atomic mass is 16.2. The molecule has 6 nitrogen and oxygen atoms in total. The van der Waals surface area contributed by atoms with E-state index in [1.807, 2.05) is 37.2 Å². The fourth-order valence-electron chi connectivity index (χ4n) is 4.39. The molecule has 1 N–H and O–H groups in total. The summed E-state index contributed by atoms with van der Waals surface area (Å²) in [5, 5.41) is 3.05. The number of amides is 2. The van der Waals surface area contributed by atoms with Gasteiger partial charge in [-0.2, -0.15) is 0 Å². The highest BCUT2D eigenvalue weighted by Gasteiger charge is 2.20. The second kappa shape index (κ2) is 13.6. The van der Waals surface area contributed by atoms with E-state index in [2.05, 4.69) is 29.0 Å². The molecule has 0 radical (unpaired) electrons. The molecule has 0 bridgehead atoms. The molecule has 1 aliphatic rings. The first kappa shape index (κ1) is 26.3. The van der Waals surface area contributed by atoms with Gasteiger partial charge in [0.25, 0.3) is 5.91 Å². The minimum Gasteiger partial charge on any atom is -0.352 e. The van der Waals surface area contributed by atoms with Crippen molar-refractivity contribution in [3.63, 3.8) is 0 Å². The molecule has 0 saturated carbocycles. The van der Waals surface area contributed by atoms with Crippen molar-refractivity contribution in [2.45, 2.75) is 65.8 Å². The zero-order chi connectivity index (χ0) is 23.5. The maximum absolute atomic E-state index is 12.8. The molecule has 2 rings (SSSR count). The van der Waals surface area contributed by atoms with E-state index < -0.39 is 0 Å². The van der Waals surface area contributed by atoms with Gasteiger partial charge in [-0.15, -0.1) is 0 Å². The largest absolute Gasteiger partial charge is 0.352 e. The Balaban J connectivity index is 2.30. The second-order valence-electron chi connectivity index (χ2n) is 9.82. The number of fused-ring (bicyclic) bond motifs is 1. The van der Waals surface area contributed by atoms with Crippen molar-refractivity contribution < 1.29 is 9.59 Å².